The van der Waals surface area contributed by atoms with Crippen LogP contribution in [0, 0.1) is 0 Å². The monoisotopic (exact) mass is 402 g/mol. The zero-order valence-corrected chi connectivity index (χ0v) is 17.0. The first-order chi connectivity index (χ1) is 14.1. The van der Waals surface area contributed by atoms with Crippen LogP contribution in [0.15, 0.2) is 85.1 Å². The molecule has 0 fully saturated rings. The first kappa shape index (κ1) is 19.4. The van der Waals surface area contributed by atoms with Gasteiger partial charge in [0.05, 0.1) is 0 Å². The second kappa shape index (κ2) is 8.24. The van der Waals surface area contributed by atoms with E-state index in [1.165, 1.54) is 0 Å². The number of aromatic nitrogens is 1. The molecule has 1 heterocycles. The molecule has 4 rings (SSSR count). The first-order valence-electron chi connectivity index (χ1n) is 9.74. The number of para-hydroxylation sites is 1. The van der Waals surface area contributed by atoms with Crippen molar-refractivity contribution in [3.05, 3.63) is 107 Å². The number of Topliss-reactive ketones (excluding diaryl/α,β-unsaturated/α-hetero) is 1. The molecule has 3 aromatic carbocycles. The number of nitrogens with one attached hydrogen (secondary N) is 2. The number of hydrogen-bond donors (Lipinski definition) is 2. The topological polar surface area (TPSA) is 44.9 Å². The van der Waals surface area contributed by atoms with Crippen molar-refractivity contribution < 1.29 is 4.79 Å². The molecule has 0 aliphatic heterocycles. The normalized spacial score (nSPS) is 13.3. The average Bonchev–Trinajstić information content (AvgIpc) is 3.18. The van der Waals surface area contributed by atoms with E-state index in [1.807, 2.05) is 85.9 Å². The lowest BCUT2D eigenvalue weighted by atomic mass is 9.84. The summed E-state index contributed by atoms with van der Waals surface area (Å²) in [6.45, 7) is 2.62. The van der Waals surface area contributed by atoms with Crippen LogP contribution in [-0.4, -0.2) is 17.3 Å². The molecule has 4 aromatic rings. The second-order valence-corrected chi connectivity index (χ2v) is 7.81. The standard InChI is InChI=1S/C25H23ClN2O/c1-25(19-9-3-2-4-10-19,28-15-14-18-8-7-11-20(26)16-18)24(29)22-17-27-23-13-6-5-12-21(22)23/h2-13,16-17,27-28H,14-15H2,1H3. The molecule has 0 saturated carbocycles. The number of ketones is 1. The number of halogens is 1. The van der Waals surface area contributed by atoms with Crippen LogP contribution in [-0.2, 0) is 12.0 Å². The Hall–Kier alpha value is -2.88. The maximum atomic E-state index is 13.7. The van der Waals surface area contributed by atoms with E-state index in [1.54, 1.807) is 0 Å². The molecule has 0 saturated heterocycles. The number of benzene rings is 3. The highest BCUT2D eigenvalue weighted by Gasteiger charge is 2.36. The van der Waals surface area contributed by atoms with Crippen molar-refractivity contribution >= 4 is 28.3 Å². The van der Waals surface area contributed by atoms with Gasteiger partial charge in [-0.05, 0) is 42.7 Å². The van der Waals surface area contributed by atoms with Crippen molar-refractivity contribution in [3.8, 4) is 0 Å². The van der Waals surface area contributed by atoms with Crippen LogP contribution >= 0.6 is 11.6 Å². The lowest BCUT2D eigenvalue weighted by Crippen LogP contribution is -2.47. The predicted octanol–water partition coefficient (Wildman–Crippen LogP) is 5.75. The molecular weight excluding hydrogens is 380 g/mol. The van der Waals surface area contributed by atoms with Gasteiger partial charge >= 0.3 is 0 Å². The zero-order chi connectivity index (χ0) is 20.3. The average molecular weight is 403 g/mol. The highest BCUT2D eigenvalue weighted by molar-refractivity contribution is 6.30. The van der Waals surface area contributed by atoms with E-state index < -0.39 is 5.54 Å². The van der Waals surface area contributed by atoms with E-state index in [2.05, 4.69) is 16.4 Å². The van der Waals surface area contributed by atoms with Gasteiger partial charge < -0.3 is 10.3 Å². The molecule has 0 bridgehead atoms. The Labute approximate surface area is 175 Å². The highest BCUT2D eigenvalue weighted by atomic mass is 35.5. The summed E-state index contributed by atoms with van der Waals surface area (Å²) in [5, 5.41) is 5.19. The van der Waals surface area contributed by atoms with E-state index in [0.29, 0.717) is 12.1 Å². The molecule has 0 radical (unpaired) electrons. The van der Waals surface area contributed by atoms with Crippen LogP contribution in [0.1, 0.15) is 28.4 Å². The third-order valence-electron chi connectivity index (χ3n) is 5.42. The van der Waals surface area contributed by atoms with Gasteiger partial charge in [-0.1, -0.05) is 72.3 Å². The van der Waals surface area contributed by atoms with Gasteiger partial charge in [-0.15, -0.1) is 0 Å². The van der Waals surface area contributed by atoms with Gasteiger partial charge in [0.1, 0.15) is 5.54 Å². The van der Waals surface area contributed by atoms with Gasteiger partial charge in [0.25, 0.3) is 0 Å². The summed E-state index contributed by atoms with van der Waals surface area (Å²) in [5.74, 6) is 0.0484. The molecule has 3 nitrogen and oxygen atoms in total. The third kappa shape index (κ3) is 3.98. The smallest absolute Gasteiger partial charge is 0.189 e. The lowest BCUT2D eigenvalue weighted by Gasteiger charge is -2.30. The van der Waals surface area contributed by atoms with Gasteiger partial charge in [-0.3, -0.25) is 4.79 Å². The molecule has 0 amide bonds. The molecule has 29 heavy (non-hydrogen) atoms. The van der Waals surface area contributed by atoms with Gasteiger partial charge in [0.2, 0.25) is 0 Å². The predicted molar refractivity (Wildman–Crippen MR) is 120 cm³/mol. The number of aromatic amines is 1. The Morgan fingerprint density at radius 1 is 1.00 bits per heavy atom. The van der Waals surface area contributed by atoms with Crippen molar-refractivity contribution in [2.75, 3.05) is 6.54 Å². The van der Waals surface area contributed by atoms with Crippen molar-refractivity contribution in [1.29, 1.82) is 0 Å². The van der Waals surface area contributed by atoms with Crippen molar-refractivity contribution in [3.63, 3.8) is 0 Å². The van der Waals surface area contributed by atoms with Crippen molar-refractivity contribution in [2.24, 2.45) is 0 Å². The van der Waals surface area contributed by atoms with Gasteiger partial charge in [0, 0.05) is 34.2 Å². The van der Waals surface area contributed by atoms with Crippen LogP contribution in [0.25, 0.3) is 10.9 Å². The fourth-order valence-corrected chi connectivity index (χ4v) is 3.98. The molecule has 1 aromatic heterocycles. The summed E-state index contributed by atoms with van der Waals surface area (Å²) in [7, 11) is 0. The Kier molecular flexibility index (Phi) is 5.52. The summed E-state index contributed by atoms with van der Waals surface area (Å²) in [5.41, 5.74) is 2.90. The van der Waals surface area contributed by atoms with Crippen molar-refractivity contribution in [1.82, 2.24) is 10.3 Å². The van der Waals surface area contributed by atoms with Crippen LogP contribution in [0.4, 0.5) is 0 Å². The van der Waals surface area contributed by atoms with E-state index in [0.717, 1.165) is 33.5 Å². The third-order valence-corrected chi connectivity index (χ3v) is 5.66. The minimum Gasteiger partial charge on any atom is -0.360 e. The van der Waals surface area contributed by atoms with Gasteiger partial charge in [-0.25, -0.2) is 0 Å². The van der Waals surface area contributed by atoms with E-state index in [9.17, 15) is 4.79 Å². The minimum atomic E-state index is -0.842. The molecular formula is C25H23ClN2O. The van der Waals surface area contributed by atoms with E-state index >= 15 is 0 Å². The summed E-state index contributed by atoms with van der Waals surface area (Å²) in [6.07, 6.45) is 2.59. The number of fused-ring (bicyclic) bond motifs is 1. The van der Waals surface area contributed by atoms with E-state index in [4.69, 9.17) is 11.6 Å². The quantitative estimate of drug-likeness (QED) is 0.386. The number of H-pyrrole nitrogens is 1. The Morgan fingerprint density at radius 3 is 2.55 bits per heavy atom. The van der Waals surface area contributed by atoms with Gasteiger partial charge in [0.15, 0.2) is 5.78 Å². The maximum Gasteiger partial charge on any atom is 0.189 e. The van der Waals surface area contributed by atoms with Crippen LogP contribution in [0.3, 0.4) is 0 Å². The zero-order valence-electron chi connectivity index (χ0n) is 16.3. The SMILES string of the molecule is CC(NCCc1cccc(Cl)c1)(C(=O)c1c[nH]c2ccccc12)c1ccccc1. The lowest BCUT2D eigenvalue weighted by molar-refractivity contribution is 0.0866. The molecule has 2 N–H and O–H groups in total. The summed E-state index contributed by atoms with van der Waals surface area (Å²) in [6, 6.07) is 25.6. The summed E-state index contributed by atoms with van der Waals surface area (Å²) >= 11 is 6.11. The molecule has 4 heteroatoms. The van der Waals surface area contributed by atoms with Crippen LogP contribution in [0.2, 0.25) is 5.02 Å². The molecule has 0 aliphatic rings. The summed E-state index contributed by atoms with van der Waals surface area (Å²) < 4.78 is 0. The largest absolute Gasteiger partial charge is 0.360 e. The molecule has 1 atom stereocenters. The minimum absolute atomic E-state index is 0.0484. The molecule has 0 aliphatic carbocycles. The summed E-state index contributed by atoms with van der Waals surface area (Å²) in [4.78, 5) is 17.0. The molecule has 146 valence electrons. The number of rotatable bonds is 7. The molecule has 0 spiro atoms. The van der Waals surface area contributed by atoms with Gasteiger partial charge in [-0.2, -0.15) is 0 Å². The highest BCUT2D eigenvalue weighted by Crippen LogP contribution is 2.29. The fraction of sp³-hybridized carbons (Fsp3) is 0.160. The van der Waals surface area contributed by atoms with Crippen LogP contribution in [0.5, 0.6) is 0 Å². The fourth-order valence-electron chi connectivity index (χ4n) is 3.76. The van der Waals surface area contributed by atoms with E-state index in [-0.39, 0.29) is 5.78 Å². The Bertz CT molecular complexity index is 1140. The first-order valence-corrected chi connectivity index (χ1v) is 10.1. The maximum absolute atomic E-state index is 13.7. The van der Waals surface area contributed by atoms with Crippen LogP contribution < -0.4 is 5.32 Å². The second-order valence-electron chi connectivity index (χ2n) is 7.37. The Balaban J connectivity index is 1.64. The van der Waals surface area contributed by atoms with Crippen molar-refractivity contribution in [2.45, 2.75) is 18.9 Å². The number of hydrogen-bond acceptors (Lipinski definition) is 2. The molecule has 1 unspecified atom stereocenters. The number of carbonyl (C=O) groups is 1. The number of carbonyl (C=O) groups excluding carboxylic acids is 1. The Morgan fingerprint density at radius 2 is 1.76 bits per heavy atom.